The van der Waals surface area contributed by atoms with Crippen molar-refractivity contribution in [3.05, 3.63) is 71.3 Å². The first-order valence-electron chi connectivity index (χ1n) is 6.20. The van der Waals surface area contributed by atoms with Crippen molar-refractivity contribution in [1.29, 1.82) is 0 Å². The van der Waals surface area contributed by atoms with Crippen LogP contribution in [0.3, 0.4) is 0 Å². The van der Waals surface area contributed by atoms with E-state index in [-0.39, 0.29) is 5.78 Å². The van der Waals surface area contributed by atoms with Crippen LogP contribution < -0.4 is 5.73 Å². The number of benzene rings is 2. The molecule has 0 aromatic heterocycles. The minimum atomic E-state index is 0.0703. The van der Waals surface area contributed by atoms with E-state index in [0.717, 1.165) is 24.0 Å². The van der Waals surface area contributed by atoms with E-state index in [2.05, 4.69) is 0 Å². The van der Waals surface area contributed by atoms with E-state index in [0.29, 0.717) is 6.54 Å². The van der Waals surface area contributed by atoms with E-state index < -0.39 is 0 Å². The van der Waals surface area contributed by atoms with Crippen LogP contribution in [0.4, 0.5) is 0 Å². The van der Waals surface area contributed by atoms with Crippen molar-refractivity contribution in [1.82, 2.24) is 0 Å². The number of carbonyl (C=O) groups is 1. The van der Waals surface area contributed by atoms with Gasteiger partial charge in [-0.2, -0.15) is 0 Å². The van der Waals surface area contributed by atoms with E-state index in [1.165, 1.54) is 5.56 Å². The summed E-state index contributed by atoms with van der Waals surface area (Å²) in [4.78, 5) is 12.2. The third-order valence-corrected chi connectivity index (χ3v) is 2.92. The van der Waals surface area contributed by atoms with Gasteiger partial charge >= 0.3 is 0 Å². The maximum absolute atomic E-state index is 12.2. The first-order chi connectivity index (χ1) is 8.81. The molecule has 0 aliphatic heterocycles. The van der Waals surface area contributed by atoms with Crippen molar-refractivity contribution in [3.63, 3.8) is 0 Å². The standard InChI is InChI=1S/C16H17NO/c17-12-4-5-13-8-10-15(11-9-13)16(18)14-6-2-1-3-7-14/h1-3,6-11H,4-5,12,17H2. The summed E-state index contributed by atoms with van der Waals surface area (Å²) in [5.41, 5.74) is 8.17. The number of nitrogens with two attached hydrogens (primary N) is 1. The van der Waals surface area contributed by atoms with Gasteiger partial charge in [0.25, 0.3) is 0 Å². The Morgan fingerprint density at radius 3 is 2.11 bits per heavy atom. The molecule has 0 unspecified atom stereocenters. The Morgan fingerprint density at radius 2 is 1.50 bits per heavy atom. The first kappa shape index (κ1) is 12.5. The van der Waals surface area contributed by atoms with E-state index in [1.807, 2.05) is 54.6 Å². The van der Waals surface area contributed by atoms with Crippen molar-refractivity contribution in [2.75, 3.05) is 6.54 Å². The summed E-state index contributed by atoms with van der Waals surface area (Å²) in [6, 6.07) is 17.1. The van der Waals surface area contributed by atoms with Crippen molar-refractivity contribution >= 4 is 5.78 Å². The van der Waals surface area contributed by atoms with Crippen LogP contribution in [0.2, 0.25) is 0 Å². The number of aryl methyl sites for hydroxylation is 1. The molecule has 0 aliphatic carbocycles. The lowest BCUT2D eigenvalue weighted by Crippen LogP contribution is -2.02. The minimum Gasteiger partial charge on any atom is -0.330 e. The highest BCUT2D eigenvalue weighted by Gasteiger charge is 2.07. The Bertz CT molecular complexity index is 502. The molecule has 0 radical (unpaired) electrons. The average molecular weight is 239 g/mol. The minimum absolute atomic E-state index is 0.0703. The predicted octanol–water partition coefficient (Wildman–Crippen LogP) is 2.81. The highest BCUT2D eigenvalue weighted by molar-refractivity contribution is 6.08. The Balaban J connectivity index is 2.12. The number of hydrogen-bond acceptors (Lipinski definition) is 2. The normalized spacial score (nSPS) is 10.3. The lowest BCUT2D eigenvalue weighted by Gasteiger charge is -2.03. The average Bonchev–Trinajstić information content (AvgIpc) is 2.46. The summed E-state index contributed by atoms with van der Waals surface area (Å²) in [6.07, 6.45) is 1.95. The molecule has 2 N–H and O–H groups in total. The molecule has 2 aromatic rings. The summed E-state index contributed by atoms with van der Waals surface area (Å²) >= 11 is 0. The Labute approximate surface area is 107 Å². The molecule has 0 saturated carbocycles. The third-order valence-electron chi connectivity index (χ3n) is 2.92. The fraction of sp³-hybridized carbons (Fsp3) is 0.188. The summed E-state index contributed by atoms with van der Waals surface area (Å²) in [6.45, 7) is 0.699. The van der Waals surface area contributed by atoms with Crippen LogP contribution in [-0.2, 0) is 6.42 Å². The Morgan fingerprint density at radius 1 is 0.889 bits per heavy atom. The predicted molar refractivity (Wildman–Crippen MR) is 73.7 cm³/mol. The largest absolute Gasteiger partial charge is 0.330 e. The lowest BCUT2D eigenvalue weighted by atomic mass is 10.0. The molecule has 0 atom stereocenters. The molecular formula is C16H17NO. The fourth-order valence-electron chi connectivity index (χ4n) is 1.89. The molecule has 2 nitrogen and oxygen atoms in total. The van der Waals surface area contributed by atoms with Gasteiger partial charge in [0.2, 0.25) is 0 Å². The second-order valence-electron chi connectivity index (χ2n) is 4.28. The number of hydrogen-bond donors (Lipinski definition) is 1. The molecular weight excluding hydrogens is 222 g/mol. The fourth-order valence-corrected chi connectivity index (χ4v) is 1.89. The lowest BCUT2D eigenvalue weighted by molar-refractivity contribution is 0.103. The maximum Gasteiger partial charge on any atom is 0.193 e. The SMILES string of the molecule is NCCCc1ccc(C(=O)c2ccccc2)cc1. The second-order valence-corrected chi connectivity index (χ2v) is 4.28. The molecule has 18 heavy (non-hydrogen) atoms. The third kappa shape index (κ3) is 3.05. The van der Waals surface area contributed by atoms with Crippen LogP contribution in [0.25, 0.3) is 0 Å². The van der Waals surface area contributed by atoms with Gasteiger partial charge in [-0.05, 0) is 24.9 Å². The van der Waals surface area contributed by atoms with Gasteiger partial charge in [-0.1, -0.05) is 54.6 Å². The van der Waals surface area contributed by atoms with Crippen LogP contribution in [0.5, 0.6) is 0 Å². The Kier molecular flexibility index (Phi) is 4.26. The molecule has 0 bridgehead atoms. The molecule has 0 aliphatic rings. The van der Waals surface area contributed by atoms with Gasteiger partial charge < -0.3 is 5.73 Å². The molecule has 2 heteroatoms. The van der Waals surface area contributed by atoms with Crippen molar-refractivity contribution in [2.24, 2.45) is 5.73 Å². The number of rotatable bonds is 5. The highest BCUT2D eigenvalue weighted by atomic mass is 16.1. The quantitative estimate of drug-likeness (QED) is 0.815. The molecule has 92 valence electrons. The molecule has 2 rings (SSSR count). The molecule has 0 amide bonds. The second kappa shape index (κ2) is 6.12. The zero-order chi connectivity index (χ0) is 12.8. The van der Waals surface area contributed by atoms with E-state index in [1.54, 1.807) is 0 Å². The van der Waals surface area contributed by atoms with Crippen LogP contribution >= 0.6 is 0 Å². The maximum atomic E-state index is 12.2. The van der Waals surface area contributed by atoms with Crippen molar-refractivity contribution in [2.45, 2.75) is 12.8 Å². The molecule has 0 saturated heterocycles. The summed E-state index contributed by atoms with van der Waals surface area (Å²) in [5.74, 6) is 0.0703. The van der Waals surface area contributed by atoms with E-state index >= 15 is 0 Å². The zero-order valence-corrected chi connectivity index (χ0v) is 10.3. The van der Waals surface area contributed by atoms with Crippen LogP contribution in [-0.4, -0.2) is 12.3 Å². The Hall–Kier alpha value is -1.93. The molecule has 0 fully saturated rings. The van der Waals surface area contributed by atoms with Crippen molar-refractivity contribution in [3.8, 4) is 0 Å². The van der Waals surface area contributed by atoms with Gasteiger partial charge in [0.05, 0.1) is 0 Å². The zero-order valence-electron chi connectivity index (χ0n) is 10.3. The smallest absolute Gasteiger partial charge is 0.193 e. The van der Waals surface area contributed by atoms with Gasteiger partial charge in [-0.15, -0.1) is 0 Å². The summed E-state index contributed by atoms with van der Waals surface area (Å²) < 4.78 is 0. The number of carbonyl (C=O) groups excluding carboxylic acids is 1. The van der Waals surface area contributed by atoms with E-state index in [4.69, 9.17) is 5.73 Å². The summed E-state index contributed by atoms with van der Waals surface area (Å²) in [5, 5.41) is 0. The molecule has 2 aromatic carbocycles. The van der Waals surface area contributed by atoms with Crippen LogP contribution in [0.1, 0.15) is 27.9 Å². The van der Waals surface area contributed by atoms with Gasteiger partial charge in [0, 0.05) is 11.1 Å². The van der Waals surface area contributed by atoms with Gasteiger partial charge in [0.15, 0.2) is 5.78 Å². The van der Waals surface area contributed by atoms with Gasteiger partial charge in [0.1, 0.15) is 0 Å². The van der Waals surface area contributed by atoms with Crippen molar-refractivity contribution < 1.29 is 4.79 Å². The van der Waals surface area contributed by atoms with E-state index in [9.17, 15) is 4.79 Å². The van der Waals surface area contributed by atoms with Gasteiger partial charge in [-0.25, -0.2) is 0 Å². The summed E-state index contributed by atoms with van der Waals surface area (Å²) in [7, 11) is 0. The molecule has 0 spiro atoms. The van der Waals surface area contributed by atoms with Gasteiger partial charge in [-0.3, -0.25) is 4.79 Å². The molecule has 0 heterocycles. The van der Waals surface area contributed by atoms with Crippen LogP contribution in [0, 0.1) is 0 Å². The van der Waals surface area contributed by atoms with Crippen LogP contribution in [0.15, 0.2) is 54.6 Å². The highest BCUT2D eigenvalue weighted by Crippen LogP contribution is 2.11. The topological polar surface area (TPSA) is 43.1 Å². The number of ketones is 1. The monoisotopic (exact) mass is 239 g/mol. The first-order valence-corrected chi connectivity index (χ1v) is 6.20.